The highest BCUT2D eigenvalue weighted by molar-refractivity contribution is 14.0. The number of benzene rings is 1. The van der Waals surface area contributed by atoms with Crippen molar-refractivity contribution in [3.63, 3.8) is 0 Å². The van der Waals surface area contributed by atoms with E-state index in [1.807, 2.05) is 13.8 Å². The van der Waals surface area contributed by atoms with Crippen molar-refractivity contribution in [3.05, 3.63) is 30.1 Å². The van der Waals surface area contributed by atoms with E-state index in [0.29, 0.717) is 37.3 Å². The molecule has 0 amide bonds. The summed E-state index contributed by atoms with van der Waals surface area (Å²) in [6.07, 6.45) is 3.14. The third-order valence-corrected chi connectivity index (χ3v) is 5.81. The molecule has 10 heteroatoms. The van der Waals surface area contributed by atoms with Gasteiger partial charge < -0.3 is 15.4 Å². The molecule has 0 radical (unpaired) electrons. The Bertz CT molecular complexity index is 745. The molecule has 0 spiro atoms. The quantitative estimate of drug-likeness (QED) is 0.227. The predicted molar refractivity (Wildman–Crippen MR) is 125 cm³/mol. The van der Waals surface area contributed by atoms with Gasteiger partial charge in [0.15, 0.2) is 5.96 Å². The molecule has 166 valence electrons. The molecule has 0 aliphatic heterocycles. The van der Waals surface area contributed by atoms with Gasteiger partial charge in [0.25, 0.3) is 0 Å². The van der Waals surface area contributed by atoms with E-state index in [2.05, 4.69) is 20.3 Å². The van der Waals surface area contributed by atoms with E-state index in [1.165, 1.54) is 18.6 Å². The monoisotopic (exact) mass is 542 g/mol. The zero-order valence-corrected chi connectivity index (χ0v) is 20.1. The van der Waals surface area contributed by atoms with Gasteiger partial charge in [-0.25, -0.2) is 22.5 Å². The van der Waals surface area contributed by atoms with Crippen LogP contribution >= 0.6 is 24.0 Å². The number of guanidine groups is 1. The summed E-state index contributed by atoms with van der Waals surface area (Å²) >= 11 is 0. The molecule has 1 aliphatic carbocycles. The smallest absolute Gasteiger partial charge is 0.213 e. The van der Waals surface area contributed by atoms with Gasteiger partial charge in [0, 0.05) is 25.7 Å². The van der Waals surface area contributed by atoms with Gasteiger partial charge in [-0.1, -0.05) is 12.5 Å². The summed E-state index contributed by atoms with van der Waals surface area (Å²) < 4.78 is 45.6. The predicted octanol–water partition coefficient (Wildman–Crippen LogP) is 2.49. The molecule has 1 aromatic rings. The maximum Gasteiger partial charge on any atom is 0.213 e. The molecule has 1 atom stereocenters. The number of nitrogens with one attached hydrogen (secondary N) is 3. The van der Waals surface area contributed by atoms with Crippen LogP contribution in [-0.2, 0) is 10.0 Å². The lowest BCUT2D eigenvalue weighted by Crippen LogP contribution is -2.42. The summed E-state index contributed by atoms with van der Waals surface area (Å²) in [6, 6.07) is 5.96. The standard InChI is InChI=1S/C19H31FN4O3S.HI/c1-3-21-19(22-10-11-28(25,26)24-14-16-6-4-7-16)23-13-15(2)27-18-9-5-8-17(20)12-18;/h5,8-9,12,15-16,24H,3-4,6-7,10-11,13-14H2,1-2H3,(H2,21,22,23);1H. The van der Waals surface area contributed by atoms with E-state index >= 15 is 0 Å². The molecule has 1 unspecified atom stereocenters. The molecule has 29 heavy (non-hydrogen) atoms. The minimum absolute atomic E-state index is 0. The lowest BCUT2D eigenvalue weighted by atomic mass is 9.86. The molecule has 0 saturated heterocycles. The van der Waals surface area contributed by atoms with Gasteiger partial charge in [-0.05, 0) is 44.7 Å². The third-order valence-electron chi connectivity index (χ3n) is 4.46. The molecular weight excluding hydrogens is 510 g/mol. The maximum absolute atomic E-state index is 13.2. The van der Waals surface area contributed by atoms with Crippen molar-refractivity contribution in [2.24, 2.45) is 10.9 Å². The second-order valence-corrected chi connectivity index (χ2v) is 8.92. The highest BCUT2D eigenvalue weighted by Gasteiger charge is 2.20. The van der Waals surface area contributed by atoms with Crippen molar-refractivity contribution in [1.82, 2.24) is 15.4 Å². The molecule has 1 aliphatic rings. The average molecular weight is 542 g/mol. The van der Waals surface area contributed by atoms with Crippen molar-refractivity contribution in [2.75, 3.05) is 31.9 Å². The average Bonchev–Trinajstić information content (AvgIpc) is 2.58. The van der Waals surface area contributed by atoms with E-state index in [1.54, 1.807) is 12.1 Å². The van der Waals surface area contributed by atoms with Crippen molar-refractivity contribution >= 4 is 40.0 Å². The zero-order valence-electron chi connectivity index (χ0n) is 17.0. The molecular formula is C19H32FIN4O3S. The summed E-state index contributed by atoms with van der Waals surface area (Å²) in [5.41, 5.74) is 0. The molecule has 7 nitrogen and oxygen atoms in total. The number of ether oxygens (including phenoxy) is 1. The first-order valence-electron chi connectivity index (χ1n) is 9.79. The lowest BCUT2D eigenvalue weighted by Gasteiger charge is -2.25. The van der Waals surface area contributed by atoms with E-state index in [4.69, 9.17) is 4.74 Å². The molecule has 0 bridgehead atoms. The first-order valence-corrected chi connectivity index (χ1v) is 11.4. The van der Waals surface area contributed by atoms with Gasteiger partial charge in [-0.15, -0.1) is 24.0 Å². The van der Waals surface area contributed by atoms with Crippen LogP contribution in [0.3, 0.4) is 0 Å². The topological polar surface area (TPSA) is 91.8 Å². The molecule has 1 fully saturated rings. The minimum atomic E-state index is -3.29. The molecule has 1 aromatic carbocycles. The minimum Gasteiger partial charge on any atom is -0.489 e. The van der Waals surface area contributed by atoms with E-state index in [-0.39, 0.29) is 48.2 Å². The number of hydrogen-bond donors (Lipinski definition) is 3. The molecule has 3 N–H and O–H groups in total. The number of halogens is 2. The summed E-state index contributed by atoms with van der Waals surface area (Å²) in [5, 5.41) is 6.10. The van der Waals surface area contributed by atoms with E-state index < -0.39 is 10.0 Å². The second-order valence-electron chi connectivity index (χ2n) is 7.00. The van der Waals surface area contributed by atoms with Gasteiger partial charge >= 0.3 is 0 Å². The van der Waals surface area contributed by atoms with Crippen LogP contribution in [0, 0.1) is 11.7 Å². The Hall–Kier alpha value is -1.14. The van der Waals surface area contributed by atoms with Gasteiger partial charge in [0.2, 0.25) is 10.0 Å². The fraction of sp³-hybridized carbons (Fsp3) is 0.632. The lowest BCUT2D eigenvalue weighted by molar-refractivity contribution is 0.229. The van der Waals surface area contributed by atoms with Crippen LogP contribution < -0.4 is 20.1 Å². The first-order chi connectivity index (χ1) is 13.4. The van der Waals surface area contributed by atoms with Gasteiger partial charge in [0.1, 0.15) is 17.7 Å². The molecule has 1 saturated carbocycles. The molecule has 0 heterocycles. The number of aliphatic imine (C=N–C) groups is 1. The maximum atomic E-state index is 13.2. The summed E-state index contributed by atoms with van der Waals surface area (Å²) in [7, 11) is -3.29. The Kier molecular flexibility index (Phi) is 11.8. The normalized spacial score (nSPS) is 15.8. The third kappa shape index (κ3) is 10.4. The Morgan fingerprint density at radius 3 is 2.72 bits per heavy atom. The van der Waals surface area contributed by atoms with Crippen LogP contribution in [0.2, 0.25) is 0 Å². The number of rotatable bonds is 11. The van der Waals surface area contributed by atoms with Crippen molar-refractivity contribution in [2.45, 2.75) is 39.2 Å². The fourth-order valence-electron chi connectivity index (χ4n) is 2.69. The largest absolute Gasteiger partial charge is 0.489 e. The number of sulfonamides is 1. The Morgan fingerprint density at radius 1 is 1.34 bits per heavy atom. The summed E-state index contributed by atoms with van der Waals surface area (Å²) in [6.45, 7) is 5.56. The van der Waals surface area contributed by atoms with Crippen LogP contribution in [0.4, 0.5) is 4.39 Å². The van der Waals surface area contributed by atoms with Crippen LogP contribution in [0.1, 0.15) is 33.1 Å². The highest BCUT2D eigenvalue weighted by Crippen LogP contribution is 2.25. The van der Waals surface area contributed by atoms with Crippen molar-refractivity contribution in [3.8, 4) is 5.75 Å². The Balaban J connectivity index is 0.00000420. The fourth-order valence-corrected chi connectivity index (χ4v) is 3.69. The van der Waals surface area contributed by atoms with Crippen LogP contribution in [0.5, 0.6) is 5.75 Å². The van der Waals surface area contributed by atoms with Crippen LogP contribution in [0.15, 0.2) is 29.3 Å². The van der Waals surface area contributed by atoms with E-state index in [9.17, 15) is 12.8 Å². The van der Waals surface area contributed by atoms with Crippen LogP contribution in [-0.4, -0.2) is 52.4 Å². The zero-order chi connectivity index (χ0) is 20.4. The van der Waals surface area contributed by atoms with Gasteiger partial charge in [-0.2, -0.15) is 0 Å². The van der Waals surface area contributed by atoms with Crippen LogP contribution in [0.25, 0.3) is 0 Å². The number of nitrogens with zero attached hydrogens (tertiary/aromatic N) is 1. The summed E-state index contributed by atoms with van der Waals surface area (Å²) in [5.74, 6) is 1.09. The van der Waals surface area contributed by atoms with Gasteiger partial charge in [0.05, 0.1) is 12.3 Å². The molecule has 0 aromatic heterocycles. The first kappa shape index (κ1) is 25.9. The summed E-state index contributed by atoms with van der Waals surface area (Å²) in [4.78, 5) is 4.41. The van der Waals surface area contributed by atoms with Crippen molar-refractivity contribution < 1.29 is 17.5 Å². The number of hydrogen-bond acceptors (Lipinski definition) is 4. The Morgan fingerprint density at radius 2 is 2.10 bits per heavy atom. The highest BCUT2D eigenvalue weighted by atomic mass is 127. The van der Waals surface area contributed by atoms with Crippen molar-refractivity contribution in [1.29, 1.82) is 0 Å². The molecule has 2 rings (SSSR count). The Labute approximate surface area is 190 Å². The second kappa shape index (κ2) is 13.2. The SMILES string of the molecule is CCNC(=NCC(C)Oc1cccc(F)c1)NCCS(=O)(=O)NCC1CCC1.I. The van der Waals surface area contributed by atoms with Gasteiger partial charge in [-0.3, -0.25) is 0 Å². The van der Waals surface area contributed by atoms with E-state index in [0.717, 1.165) is 12.8 Å².